The minimum Gasteiger partial charge on any atom is -0.333 e. The van der Waals surface area contributed by atoms with Crippen molar-refractivity contribution in [1.82, 2.24) is 14.5 Å². The molecule has 0 aliphatic heterocycles. The van der Waals surface area contributed by atoms with Gasteiger partial charge in [-0.05, 0) is 124 Å². The summed E-state index contributed by atoms with van der Waals surface area (Å²) < 4.78 is 3.54. The van der Waals surface area contributed by atoms with Gasteiger partial charge in [-0.1, -0.05) is 139 Å². The van der Waals surface area contributed by atoms with Crippen molar-refractivity contribution >= 4 is 67.3 Å². The maximum Gasteiger partial charge on any atom is 0.0798 e. The molecule has 0 aliphatic carbocycles. The topological polar surface area (TPSA) is 30.7 Å². The molecule has 0 N–H and O–H groups in total. The third-order valence-corrected chi connectivity index (χ3v) is 14.5. The smallest absolute Gasteiger partial charge is 0.0798 e. The Morgan fingerprint density at radius 3 is 2.13 bits per heavy atom. The molecule has 311 valence electrons. The van der Waals surface area contributed by atoms with Gasteiger partial charge in [-0.3, -0.25) is 16.3 Å². The molecule has 0 aliphatic rings. The summed E-state index contributed by atoms with van der Waals surface area (Å²) in [6.45, 7) is 18.3. The summed E-state index contributed by atoms with van der Waals surface area (Å²) in [4.78, 5) is 9.89. The number of aryl methyl sites for hydroxylation is 3. The number of rotatable bonds is 7. The van der Waals surface area contributed by atoms with Gasteiger partial charge in [0.15, 0.2) is 0 Å². The van der Waals surface area contributed by atoms with Crippen molar-refractivity contribution in [1.29, 1.82) is 0 Å². The van der Waals surface area contributed by atoms with Crippen LogP contribution in [0.3, 0.4) is 0 Å². The molecule has 1 radical (unpaired) electrons. The number of nitrogens with zero attached hydrogens (tertiary/aromatic N) is 3. The van der Waals surface area contributed by atoms with Gasteiger partial charge in [0.2, 0.25) is 0 Å². The number of pyridine rings is 1. The van der Waals surface area contributed by atoms with E-state index in [1.807, 2.05) is 18.2 Å². The van der Waals surface area contributed by atoms with Crippen molar-refractivity contribution in [2.75, 3.05) is 0 Å². The standard InChI is InChI=1S/C38H27N2S.C18H24NSi.Ir/c1-23-13-14-27-18-30-21-36-32(20-29(30)19-28(27)15-23)33(22-41-36)38-39-34-11-7-8-12-35(34)40(38)31-16-24(2)37(25(3)17-31)26-9-5-4-6-10-26;1-14(2)11-16-12-17(15-9-7-6-8-10-15)19-13-18(16)20(3,4)5;/h4-21H,1-3H3;6-9,12-14H,11H2,1-5H3;/q2*-1;. The average Bonchev–Trinajstić information content (AvgIpc) is 3.83. The molecule has 3 heterocycles. The van der Waals surface area contributed by atoms with E-state index in [0.717, 1.165) is 45.8 Å². The zero-order valence-electron chi connectivity index (χ0n) is 36.7. The van der Waals surface area contributed by atoms with Gasteiger partial charge in [0, 0.05) is 32.0 Å². The second-order valence-corrected chi connectivity index (χ2v) is 23.8. The van der Waals surface area contributed by atoms with Gasteiger partial charge in [0.25, 0.3) is 0 Å². The van der Waals surface area contributed by atoms with Crippen LogP contribution in [-0.2, 0) is 26.5 Å². The van der Waals surface area contributed by atoms with E-state index in [4.69, 9.17) is 4.98 Å². The zero-order chi connectivity index (χ0) is 42.4. The summed E-state index contributed by atoms with van der Waals surface area (Å²) in [5.41, 5.74) is 14.2. The van der Waals surface area contributed by atoms with Crippen LogP contribution in [0.4, 0.5) is 0 Å². The number of fused-ring (bicyclic) bond motifs is 4. The van der Waals surface area contributed by atoms with E-state index in [0.29, 0.717) is 5.92 Å². The number of imidazole rings is 1. The van der Waals surface area contributed by atoms with Crippen LogP contribution >= 0.6 is 11.3 Å². The molecule has 3 aromatic heterocycles. The number of aromatic nitrogens is 3. The third kappa shape index (κ3) is 8.63. The molecule has 10 aromatic rings. The van der Waals surface area contributed by atoms with E-state index in [1.54, 1.807) is 11.3 Å². The van der Waals surface area contributed by atoms with Gasteiger partial charge < -0.3 is 9.55 Å². The van der Waals surface area contributed by atoms with Crippen molar-refractivity contribution in [2.24, 2.45) is 5.92 Å². The molecule has 0 saturated heterocycles. The normalized spacial score (nSPS) is 11.6. The SMILES string of the molecule is CC(C)Cc1cc(-c2[c-]cccc2)ncc1[Si](C)(C)C.Cc1ccc2cc3cc4s[c-]c(-c5nc6ccccc6n5-c5cc(C)c(-c6ccccc6)c(C)c5)c4cc3cc2c1.[Ir]. The Hall–Kier alpha value is -5.49. The van der Waals surface area contributed by atoms with E-state index in [1.165, 1.54) is 70.2 Å². The molecule has 10 rings (SSSR count). The van der Waals surface area contributed by atoms with Crippen LogP contribution in [0.2, 0.25) is 19.6 Å². The van der Waals surface area contributed by atoms with Crippen molar-refractivity contribution in [3.8, 4) is 39.5 Å². The minimum atomic E-state index is -1.34. The summed E-state index contributed by atoms with van der Waals surface area (Å²) in [7, 11) is -1.34. The van der Waals surface area contributed by atoms with Gasteiger partial charge in [-0.2, -0.15) is 0 Å². The maximum absolute atomic E-state index is 5.20. The van der Waals surface area contributed by atoms with Crippen molar-refractivity contribution < 1.29 is 20.1 Å². The molecule has 62 heavy (non-hydrogen) atoms. The number of para-hydroxylation sites is 2. The molecule has 0 bridgehead atoms. The van der Waals surface area contributed by atoms with Crippen LogP contribution in [0.25, 0.3) is 82.1 Å². The average molecular weight is 1020 g/mol. The van der Waals surface area contributed by atoms with Crippen LogP contribution in [-0.4, -0.2) is 22.6 Å². The number of hydrogen-bond acceptors (Lipinski definition) is 3. The first-order valence-corrected chi connectivity index (χ1v) is 25.6. The van der Waals surface area contributed by atoms with Crippen molar-refractivity contribution in [3.05, 3.63) is 179 Å². The summed E-state index contributed by atoms with van der Waals surface area (Å²) in [6.07, 6.45) is 3.24. The second-order valence-electron chi connectivity index (χ2n) is 17.9. The molecular weight excluding hydrogens is 967 g/mol. The molecule has 0 saturated carbocycles. The zero-order valence-corrected chi connectivity index (χ0v) is 40.9. The Balaban J connectivity index is 0.000000214. The molecule has 0 amide bonds. The van der Waals surface area contributed by atoms with Gasteiger partial charge in [0.1, 0.15) is 0 Å². The van der Waals surface area contributed by atoms with E-state index < -0.39 is 8.07 Å². The molecule has 7 aromatic carbocycles. The summed E-state index contributed by atoms with van der Waals surface area (Å²) in [6, 6.07) is 53.2. The number of thiophene rings is 1. The van der Waals surface area contributed by atoms with Crippen molar-refractivity contribution in [2.45, 2.75) is 60.7 Å². The van der Waals surface area contributed by atoms with Gasteiger partial charge >= 0.3 is 0 Å². The van der Waals surface area contributed by atoms with Gasteiger partial charge in [-0.25, -0.2) is 0 Å². The number of hydrogen-bond donors (Lipinski definition) is 0. The van der Waals surface area contributed by atoms with E-state index in [2.05, 4.69) is 203 Å². The Bertz CT molecular complexity index is 3190. The van der Waals surface area contributed by atoms with Gasteiger partial charge in [-0.15, -0.1) is 41.3 Å². The number of benzene rings is 7. The minimum absolute atomic E-state index is 0. The maximum atomic E-state index is 5.20. The van der Waals surface area contributed by atoms with Crippen LogP contribution in [0.1, 0.15) is 36.1 Å². The Kier molecular flexibility index (Phi) is 12.3. The molecule has 0 spiro atoms. The summed E-state index contributed by atoms with van der Waals surface area (Å²) >= 11 is 1.67. The van der Waals surface area contributed by atoms with E-state index in [9.17, 15) is 0 Å². The third-order valence-electron chi connectivity index (χ3n) is 11.6. The van der Waals surface area contributed by atoms with Crippen LogP contribution in [0.5, 0.6) is 0 Å². The quantitative estimate of drug-likeness (QED) is 0.0905. The van der Waals surface area contributed by atoms with Crippen LogP contribution < -0.4 is 5.19 Å². The molecule has 0 fully saturated rings. The van der Waals surface area contributed by atoms with E-state index >= 15 is 0 Å². The van der Waals surface area contributed by atoms with Crippen molar-refractivity contribution in [3.63, 3.8) is 0 Å². The molecule has 3 nitrogen and oxygen atoms in total. The fraction of sp³-hybridized carbons (Fsp3) is 0.179. The van der Waals surface area contributed by atoms with Crippen LogP contribution in [0.15, 0.2) is 146 Å². The predicted molar refractivity (Wildman–Crippen MR) is 265 cm³/mol. The summed E-state index contributed by atoms with van der Waals surface area (Å²) in [5, 5.41) is 11.4. The summed E-state index contributed by atoms with van der Waals surface area (Å²) in [5.74, 6) is 1.60. The largest absolute Gasteiger partial charge is 0.333 e. The van der Waals surface area contributed by atoms with Gasteiger partial charge in [0.05, 0.1) is 24.9 Å². The second kappa shape index (κ2) is 17.7. The van der Waals surface area contributed by atoms with Crippen LogP contribution in [0, 0.1) is 38.1 Å². The monoisotopic (exact) mass is 1020 g/mol. The first-order valence-electron chi connectivity index (χ1n) is 21.3. The molecular formula is C56H51IrN3SSi-2. The first kappa shape index (κ1) is 43.2. The fourth-order valence-corrected chi connectivity index (χ4v) is 11.3. The fourth-order valence-electron chi connectivity index (χ4n) is 8.82. The Morgan fingerprint density at radius 1 is 0.710 bits per heavy atom. The molecule has 0 unspecified atom stereocenters. The predicted octanol–water partition coefficient (Wildman–Crippen LogP) is 14.9. The Labute approximate surface area is 384 Å². The van der Waals surface area contributed by atoms with E-state index in [-0.39, 0.29) is 20.1 Å². The Morgan fingerprint density at radius 2 is 1.40 bits per heavy atom. The first-order chi connectivity index (χ1) is 29.4. The molecule has 6 heteroatoms. The molecule has 0 atom stereocenters.